The standard InChI is InChI=1S/C22H25N9O2/c1-3-30-6-8-31(9-7-30)17-4-5-18(19(10-17)33-21(24)32)27-22-25-12-15(11-23)20(28-22)16-13-26-29(2)14-16/h4-5,10,12-14H,3,6-9H2,1-2H3,(H2,24,32)(H,25,27,28). The molecule has 0 radical (unpaired) electrons. The van der Waals surface area contributed by atoms with Gasteiger partial charge in [0.2, 0.25) is 5.95 Å². The highest BCUT2D eigenvalue weighted by Crippen LogP contribution is 2.33. The van der Waals surface area contributed by atoms with Crippen LogP contribution in [0.1, 0.15) is 12.5 Å². The molecule has 11 nitrogen and oxygen atoms in total. The topological polar surface area (TPSA) is 138 Å². The predicted molar refractivity (Wildman–Crippen MR) is 123 cm³/mol. The van der Waals surface area contributed by atoms with Crippen molar-refractivity contribution >= 4 is 23.4 Å². The average Bonchev–Trinajstić information content (AvgIpc) is 3.26. The Morgan fingerprint density at radius 3 is 2.70 bits per heavy atom. The number of hydrogen-bond donors (Lipinski definition) is 2. The molecule has 170 valence electrons. The van der Waals surface area contributed by atoms with Crippen molar-refractivity contribution in [3.63, 3.8) is 0 Å². The molecular weight excluding hydrogens is 422 g/mol. The van der Waals surface area contributed by atoms with Gasteiger partial charge in [0, 0.05) is 56.7 Å². The van der Waals surface area contributed by atoms with E-state index >= 15 is 0 Å². The molecule has 3 heterocycles. The van der Waals surface area contributed by atoms with Gasteiger partial charge in [-0.3, -0.25) is 4.68 Å². The summed E-state index contributed by atoms with van der Waals surface area (Å²) in [7, 11) is 1.78. The van der Waals surface area contributed by atoms with Gasteiger partial charge in [-0.05, 0) is 18.7 Å². The lowest BCUT2D eigenvalue weighted by Gasteiger charge is -2.35. The summed E-state index contributed by atoms with van der Waals surface area (Å²) in [5, 5.41) is 16.7. The Balaban J connectivity index is 1.62. The van der Waals surface area contributed by atoms with Crippen LogP contribution >= 0.6 is 0 Å². The van der Waals surface area contributed by atoms with E-state index in [0.29, 0.717) is 22.5 Å². The highest BCUT2D eigenvalue weighted by Gasteiger charge is 2.19. The van der Waals surface area contributed by atoms with Crippen molar-refractivity contribution < 1.29 is 9.53 Å². The van der Waals surface area contributed by atoms with Crippen LogP contribution in [-0.4, -0.2) is 63.5 Å². The third-order valence-corrected chi connectivity index (χ3v) is 5.49. The molecule has 1 aliphatic heterocycles. The molecule has 0 spiro atoms. The molecule has 0 bridgehead atoms. The fraction of sp³-hybridized carbons (Fsp3) is 0.318. The first-order chi connectivity index (χ1) is 16.0. The van der Waals surface area contributed by atoms with Crippen LogP contribution in [0.15, 0.2) is 36.8 Å². The number of amides is 1. The van der Waals surface area contributed by atoms with Crippen molar-refractivity contribution in [2.45, 2.75) is 6.92 Å². The maximum absolute atomic E-state index is 11.5. The van der Waals surface area contributed by atoms with Crippen molar-refractivity contribution in [2.75, 3.05) is 42.9 Å². The molecule has 2 aromatic heterocycles. The van der Waals surface area contributed by atoms with Gasteiger partial charge in [0.05, 0.1) is 29.3 Å². The van der Waals surface area contributed by atoms with E-state index in [9.17, 15) is 10.1 Å². The van der Waals surface area contributed by atoms with Gasteiger partial charge in [0.15, 0.2) is 5.75 Å². The van der Waals surface area contributed by atoms with E-state index in [1.165, 1.54) is 6.20 Å². The molecule has 3 N–H and O–H groups in total. The van der Waals surface area contributed by atoms with Gasteiger partial charge in [-0.15, -0.1) is 0 Å². The molecule has 0 saturated carbocycles. The summed E-state index contributed by atoms with van der Waals surface area (Å²) in [4.78, 5) is 24.9. The Morgan fingerprint density at radius 1 is 1.27 bits per heavy atom. The molecule has 0 aliphatic carbocycles. The minimum Gasteiger partial charge on any atom is -0.408 e. The Labute approximate surface area is 191 Å². The normalized spacial score (nSPS) is 14.0. The number of hydrogen-bond acceptors (Lipinski definition) is 9. The first-order valence-electron chi connectivity index (χ1n) is 10.6. The minimum absolute atomic E-state index is 0.242. The van der Waals surface area contributed by atoms with Crippen LogP contribution in [0.25, 0.3) is 11.3 Å². The van der Waals surface area contributed by atoms with Crippen molar-refractivity contribution in [3.05, 3.63) is 42.4 Å². The van der Waals surface area contributed by atoms with E-state index in [4.69, 9.17) is 10.5 Å². The second kappa shape index (κ2) is 9.54. The maximum Gasteiger partial charge on any atom is 0.410 e. The number of aromatic nitrogens is 4. The third-order valence-electron chi connectivity index (χ3n) is 5.49. The number of primary amides is 1. The number of ether oxygens (including phenoxy) is 1. The second-order valence-electron chi connectivity index (χ2n) is 7.62. The molecular formula is C22H25N9O2. The molecule has 3 aromatic rings. The van der Waals surface area contributed by atoms with E-state index in [1.54, 1.807) is 36.3 Å². The lowest BCUT2D eigenvalue weighted by Crippen LogP contribution is -2.46. The molecule has 1 amide bonds. The summed E-state index contributed by atoms with van der Waals surface area (Å²) in [6.45, 7) is 6.88. The quantitative estimate of drug-likeness (QED) is 0.581. The summed E-state index contributed by atoms with van der Waals surface area (Å²) in [5.41, 5.74) is 8.18. The van der Waals surface area contributed by atoms with Gasteiger partial charge >= 0.3 is 6.09 Å². The molecule has 1 aromatic carbocycles. The summed E-state index contributed by atoms with van der Waals surface area (Å²) < 4.78 is 6.90. The number of likely N-dealkylation sites (N-methyl/N-ethyl adjacent to an activating group) is 1. The van der Waals surface area contributed by atoms with E-state index in [0.717, 1.165) is 38.4 Å². The number of piperazine rings is 1. The molecule has 0 unspecified atom stereocenters. The number of anilines is 3. The van der Waals surface area contributed by atoms with Crippen LogP contribution in [0.3, 0.4) is 0 Å². The van der Waals surface area contributed by atoms with Crippen molar-refractivity contribution in [1.29, 1.82) is 5.26 Å². The minimum atomic E-state index is -0.914. The fourth-order valence-corrected chi connectivity index (χ4v) is 3.73. The summed E-state index contributed by atoms with van der Waals surface area (Å²) in [5.74, 6) is 0.514. The molecule has 4 rings (SSSR count). The van der Waals surface area contributed by atoms with E-state index < -0.39 is 6.09 Å². The lowest BCUT2D eigenvalue weighted by molar-refractivity contribution is 0.211. The fourth-order valence-electron chi connectivity index (χ4n) is 3.73. The number of nitrogens with one attached hydrogen (secondary N) is 1. The molecule has 33 heavy (non-hydrogen) atoms. The van der Waals surface area contributed by atoms with E-state index in [-0.39, 0.29) is 11.7 Å². The number of nitriles is 1. The highest BCUT2D eigenvalue weighted by molar-refractivity contribution is 5.76. The molecule has 1 saturated heterocycles. The number of carbonyl (C=O) groups excluding carboxylic acids is 1. The zero-order chi connectivity index (χ0) is 23.4. The Kier molecular flexibility index (Phi) is 6.37. The van der Waals surface area contributed by atoms with Crippen LogP contribution in [0.5, 0.6) is 5.75 Å². The number of benzene rings is 1. The third kappa shape index (κ3) is 5.02. The predicted octanol–water partition coefficient (Wildman–Crippen LogP) is 2.09. The van der Waals surface area contributed by atoms with Crippen LogP contribution in [0, 0.1) is 11.3 Å². The average molecular weight is 448 g/mol. The van der Waals surface area contributed by atoms with Crippen molar-refractivity contribution in [1.82, 2.24) is 24.6 Å². The van der Waals surface area contributed by atoms with Gasteiger partial charge in [-0.25, -0.2) is 14.8 Å². The Bertz CT molecular complexity index is 1190. The van der Waals surface area contributed by atoms with Gasteiger partial charge in [-0.2, -0.15) is 10.4 Å². The van der Waals surface area contributed by atoms with Gasteiger partial charge in [-0.1, -0.05) is 6.92 Å². The SMILES string of the molecule is CCN1CCN(c2ccc(Nc3ncc(C#N)c(-c4cnn(C)c4)n3)c(OC(N)=O)c2)CC1. The van der Waals surface area contributed by atoms with Crippen LogP contribution in [0.2, 0.25) is 0 Å². The number of aryl methyl sites for hydroxylation is 1. The van der Waals surface area contributed by atoms with Gasteiger partial charge < -0.3 is 25.6 Å². The monoisotopic (exact) mass is 447 g/mol. The first kappa shape index (κ1) is 22.0. The lowest BCUT2D eigenvalue weighted by atomic mass is 10.1. The molecule has 0 atom stereocenters. The molecule has 11 heteroatoms. The largest absolute Gasteiger partial charge is 0.410 e. The summed E-state index contributed by atoms with van der Waals surface area (Å²) in [6.07, 6.45) is 3.92. The zero-order valence-corrected chi connectivity index (χ0v) is 18.5. The van der Waals surface area contributed by atoms with E-state index in [2.05, 4.69) is 43.2 Å². The number of carbonyl (C=O) groups is 1. The van der Waals surface area contributed by atoms with Crippen LogP contribution < -0.4 is 20.7 Å². The van der Waals surface area contributed by atoms with Crippen molar-refractivity contribution in [2.24, 2.45) is 12.8 Å². The van der Waals surface area contributed by atoms with Crippen molar-refractivity contribution in [3.8, 4) is 23.1 Å². The summed E-state index contributed by atoms with van der Waals surface area (Å²) >= 11 is 0. The van der Waals surface area contributed by atoms with Crippen LogP contribution in [-0.2, 0) is 7.05 Å². The van der Waals surface area contributed by atoms with Crippen LogP contribution in [0.4, 0.5) is 22.1 Å². The summed E-state index contributed by atoms with van der Waals surface area (Å²) in [6, 6.07) is 7.62. The number of nitrogens with two attached hydrogens (primary N) is 1. The van der Waals surface area contributed by atoms with Gasteiger partial charge in [0.1, 0.15) is 6.07 Å². The smallest absolute Gasteiger partial charge is 0.408 e. The number of rotatable bonds is 6. The first-order valence-corrected chi connectivity index (χ1v) is 10.6. The zero-order valence-electron chi connectivity index (χ0n) is 18.5. The second-order valence-corrected chi connectivity index (χ2v) is 7.62. The number of nitrogens with zero attached hydrogens (tertiary/aromatic N) is 7. The molecule has 1 fully saturated rings. The molecule has 1 aliphatic rings. The Morgan fingerprint density at radius 2 is 2.06 bits per heavy atom. The van der Waals surface area contributed by atoms with E-state index in [1.807, 2.05) is 6.07 Å². The van der Waals surface area contributed by atoms with Gasteiger partial charge in [0.25, 0.3) is 0 Å². The Hall–Kier alpha value is -4.17. The highest BCUT2D eigenvalue weighted by atomic mass is 16.5. The maximum atomic E-state index is 11.5.